The number of hydrogen-bond acceptors (Lipinski definition) is 6. The summed E-state index contributed by atoms with van der Waals surface area (Å²) in [6, 6.07) is 9.93. The van der Waals surface area contributed by atoms with Crippen molar-refractivity contribution in [2.24, 2.45) is 0 Å². The molecule has 1 aliphatic rings. The highest BCUT2D eigenvalue weighted by Crippen LogP contribution is 2.21. The van der Waals surface area contributed by atoms with E-state index in [0.717, 1.165) is 60.4 Å². The first-order valence-corrected chi connectivity index (χ1v) is 9.66. The van der Waals surface area contributed by atoms with Crippen LogP contribution in [0.3, 0.4) is 0 Å². The first-order chi connectivity index (χ1) is 13.7. The van der Waals surface area contributed by atoms with Gasteiger partial charge in [-0.25, -0.2) is 4.98 Å². The Balaban J connectivity index is 1.37. The van der Waals surface area contributed by atoms with E-state index in [4.69, 9.17) is 0 Å². The molecule has 0 bridgehead atoms. The average molecular weight is 376 g/mol. The molecular weight excluding hydrogens is 352 g/mol. The Bertz CT molecular complexity index is 990. The minimum Gasteiger partial charge on any atom is -0.370 e. The summed E-state index contributed by atoms with van der Waals surface area (Å²) < 4.78 is 0. The minimum atomic E-state index is 0.273. The Hall–Kier alpha value is -3.22. The zero-order valence-corrected chi connectivity index (χ0v) is 16.0. The summed E-state index contributed by atoms with van der Waals surface area (Å²) in [4.78, 5) is 26.9. The van der Waals surface area contributed by atoms with Gasteiger partial charge in [-0.15, -0.1) is 0 Å². The lowest BCUT2D eigenvalue weighted by Crippen LogP contribution is -2.27. The molecule has 2 N–H and O–H groups in total. The SMILES string of the molecule is Cc1cnc(Nc2ccc3ncccc3c2)nc1NCCCN1CCCC1=O. The van der Waals surface area contributed by atoms with Crippen LogP contribution in [-0.4, -0.2) is 45.4 Å². The fourth-order valence-electron chi connectivity index (χ4n) is 3.38. The number of anilines is 3. The van der Waals surface area contributed by atoms with E-state index in [1.54, 1.807) is 6.20 Å². The number of benzene rings is 1. The number of nitrogens with one attached hydrogen (secondary N) is 2. The fraction of sp³-hybridized carbons (Fsp3) is 0.333. The van der Waals surface area contributed by atoms with E-state index in [1.165, 1.54) is 0 Å². The van der Waals surface area contributed by atoms with Crippen LogP contribution in [0.25, 0.3) is 10.9 Å². The molecule has 1 saturated heterocycles. The van der Waals surface area contributed by atoms with Crippen molar-refractivity contribution < 1.29 is 4.79 Å². The molecule has 1 aromatic carbocycles. The second-order valence-corrected chi connectivity index (χ2v) is 7.03. The van der Waals surface area contributed by atoms with Crippen LogP contribution >= 0.6 is 0 Å². The Morgan fingerprint density at radius 1 is 1.21 bits per heavy atom. The lowest BCUT2D eigenvalue weighted by Gasteiger charge is -2.16. The number of pyridine rings is 1. The predicted octanol–water partition coefficient (Wildman–Crippen LogP) is 3.50. The lowest BCUT2D eigenvalue weighted by molar-refractivity contribution is -0.127. The molecule has 1 aliphatic heterocycles. The highest BCUT2D eigenvalue weighted by molar-refractivity contribution is 5.82. The maximum Gasteiger partial charge on any atom is 0.229 e. The van der Waals surface area contributed by atoms with Crippen LogP contribution in [0.2, 0.25) is 0 Å². The van der Waals surface area contributed by atoms with Crippen molar-refractivity contribution in [3.63, 3.8) is 0 Å². The van der Waals surface area contributed by atoms with Gasteiger partial charge in [0.2, 0.25) is 11.9 Å². The molecule has 0 aliphatic carbocycles. The average Bonchev–Trinajstić information content (AvgIpc) is 3.12. The van der Waals surface area contributed by atoms with Gasteiger partial charge in [0.05, 0.1) is 5.52 Å². The summed E-state index contributed by atoms with van der Waals surface area (Å²) in [5.41, 5.74) is 2.87. The van der Waals surface area contributed by atoms with E-state index < -0.39 is 0 Å². The third-order valence-electron chi connectivity index (χ3n) is 4.90. The first-order valence-electron chi connectivity index (χ1n) is 9.66. The van der Waals surface area contributed by atoms with Crippen LogP contribution in [0.5, 0.6) is 0 Å². The molecule has 1 amide bonds. The van der Waals surface area contributed by atoms with Crippen molar-refractivity contribution in [3.05, 3.63) is 48.3 Å². The Morgan fingerprint density at radius 3 is 3.00 bits per heavy atom. The monoisotopic (exact) mass is 376 g/mol. The molecule has 2 aromatic heterocycles. The highest BCUT2D eigenvalue weighted by Gasteiger charge is 2.18. The molecule has 0 radical (unpaired) electrons. The van der Waals surface area contributed by atoms with E-state index >= 15 is 0 Å². The zero-order chi connectivity index (χ0) is 19.3. The second kappa shape index (κ2) is 8.21. The molecule has 7 nitrogen and oxygen atoms in total. The van der Waals surface area contributed by atoms with Crippen LogP contribution in [0.1, 0.15) is 24.8 Å². The van der Waals surface area contributed by atoms with Crippen molar-refractivity contribution in [2.75, 3.05) is 30.3 Å². The van der Waals surface area contributed by atoms with E-state index in [9.17, 15) is 4.79 Å². The lowest BCUT2D eigenvalue weighted by atomic mass is 10.2. The molecule has 0 atom stereocenters. The van der Waals surface area contributed by atoms with Crippen molar-refractivity contribution in [3.8, 4) is 0 Å². The number of rotatable bonds is 7. The fourth-order valence-corrected chi connectivity index (χ4v) is 3.38. The van der Waals surface area contributed by atoms with E-state index in [-0.39, 0.29) is 5.91 Å². The number of fused-ring (bicyclic) bond motifs is 1. The topological polar surface area (TPSA) is 83.0 Å². The molecule has 0 unspecified atom stereocenters. The number of amides is 1. The van der Waals surface area contributed by atoms with E-state index in [1.807, 2.05) is 48.4 Å². The van der Waals surface area contributed by atoms with Gasteiger partial charge < -0.3 is 15.5 Å². The maximum absolute atomic E-state index is 11.7. The van der Waals surface area contributed by atoms with Gasteiger partial charge >= 0.3 is 0 Å². The molecule has 3 heterocycles. The number of carbonyl (C=O) groups excluding carboxylic acids is 1. The molecule has 4 rings (SSSR count). The van der Waals surface area contributed by atoms with Crippen molar-refractivity contribution in [1.29, 1.82) is 0 Å². The van der Waals surface area contributed by atoms with Crippen LogP contribution in [0.15, 0.2) is 42.7 Å². The zero-order valence-electron chi connectivity index (χ0n) is 16.0. The molecule has 0 saturated carbocycles. The Kier molecular flexibility index (Phi) is 5.32. The summed E-state index contributed by atoms with van der Waals surface area (Å²) in [5, 5.41) is 7.69. The molecule has 0 spiro atoms. The molecule has 3 aromatic rings. The summed E-state index contributed by atoms with van der Waals surface area (Å²) in [7, 11) is 0. The van der Waals surface area contributed by atoms with Gasteiger partial charge in [0, 0.05) is 55.1 Å². The van der Waals surface area contributed by atoms with E-state index in [2.05, 4.69) is 25.6 Å². The van der Waals surface area contributed by atoms with Crippen LogP contribution in [-0.2, 0) is 4.79 Å². The molecule has 7 heteroatoms. The standard InChI is InChI=1S/C21H24N6O/c1-15-14-24-21(25-17-7-8-18-16(13-17)5-2-9-22-18)26-20(15)23-10-4-12-27-11-3-6-19(27)28/h2,5,7-9,13-14H,3-4,6,10-12H2,1H3,(H2,23,24,25,26). The number of aryl methyl sites for hydroxylation is 1. The molecule has 1 fully saturated rings. The van der Waals surface area contributed by atoms with Gasteiger partial charge in [0.25, 0.3) is 0 Å². The van der Waals surface area contributed by atoms with Crippen molar-refractivity contribution in [2.45, 2.75) is 26.2 Å². The Labute approximate surface area is 164 Å². The maximum atomic E-state index is 11.7. The Morgan fingerprint density at radius 2 is 2.14 bits per heavy atom. The van der Waals surface area contributed by atoms with Gasteiger partial charge in [0.1, 0.15) is 5.82 Å². The molecule has 144 valence electrons. The van der Waals surface area contributed by atoms with Gasteiger partial charge in [-0.3, -0.25) is 9.78 Å². The minimum absolute atomic E-state index is 0.273. The molecular formula is C21H24N6O. The highest BCUT2D eigenvalue weighted by atomic mass is 16.2. The normalized spacial score (nSPS) is 13.9. The van der Waals surface area contributed by atoms with E-state index in [0.29, 0.717) is 12.4 Å². The van der Waals surface area contributed by atoms with Gasteiger partial charge in [-0.05, 0) is 44.0 Å². The number of nitrogens with zero attached hydrogens (tertiary/aromatic N) is 4. The largest absolute Gasteiger partial charge is 0.370 e. The van der Waals surface area contributed by atoms with Crippen LogP contribution < -0.4 is 10.6 Å². The second-order valence-electron chi connectivity index (χ2n) is 7.03. The quantitative estimate of drug-likeness (QED) is 0.614. The van der Waals surface area contributed by atoms with Gasteiger partial charge in [-0.2, -0.15) is 4.98 Å². The number of carbonyl (C=O) groups is 1. The number of aromatic nitrogens is 3. The van der Waals surface area contributed by atoms with Crippen molar-refractivity contribution >= 4 is 34.3 Å². The summed E-state index contributed by atoms with van der Waals surface area (Å²) in [6.45, 7) is 4.44. The number of hydrogen-bond donors (Lipinski definition) is 2. The molecule has 28 heavy (non-hydrogen) atoms. The first kappa shape index (κ1) is 18.2. The summed E-state index contributed by atoms with van der Waals surface area (Å²) >= 11 is 0. The predicted molar refractivity (Wildman–Crippen MR) is 111 cm³/mol. The third-order valence-corrected chi connectivity index (χ3v) is 4.90. The van der Waals surface area contributed by atoms with Gasteiger partial charge in [0.15, 0.2) is 0 Å². The smallest absolute Gasteiger partial charge is 0.229 e. The third kappa shape index (κ3) is 4.19. The summed E-state index contributed by atoms with van der Waals surface area (Å²) in [5.74, 6) is 1.63. The summed E-state index contributed by atoms with van der Waals surface area (Å²) in [6.07, 6.45) is 6.17. The van der Waals surface area contributed by atoms with Crippen molar-refractivity contribution in [1.82, 2.24) is 19.9 Å². The van der Waals surface area contributed by atoms with Crippen LogP contribution in [0, 0.1) is 6.92 Å². The number of likely N-dealkylation sites (tertiary alicyclic amines) is 1. The van der Waals surface area contributed by atoms with Crippen LogP contribution in [0.4, 0.5) is 17.5 Å². The van der Waals surface area contributed by atoms with Gasteiger partial charge in [-0.1, -0.05) is 6.07 Å².